The van der Waals surface area contributed by atoms with Crippen molar-refractivity contribution in [1.29, 1.82) is 0 Å². The molecule has 1 fully saturated rings. The van der Waals surface area contributed by atoms with Gasteiger partial charge in [0.2, 0.25) is 0 Å². The molecule has 150 valence electrons. The lowest BCUT2D eigenvalue weighted by atomic mass is 9.93. The number of pyridine rings is 1. The van der Waals surface area contributed by atoms with E-state index in [1.54, 1.807) is 18.0 Å². The van der Waals surface area contributed by atoms with Crippen LogP contribution >= 0.6 is 46.0 Å². The second kappa shape index (κ2) is 9.64. The molecule has 7 heteroatoms. The van der Waals surface area contributed by atoms with Crippen LogP contribution in [0.3, 0.4) is 0 Å². The summed E-state index contributed by atoms with van der Waals surface area (Å²) < 4.78 is 6.47. The molecule has 2 aromatic heterocycles. The molecule has 0 saturated carbocycles. The van der Waals surface area contributed by atoms with E-state index < -0.39 is 0 Å². The Bertz CT molecular complexity index is 1020. The van der Waals surface area contributed by atoms with Crippen molar-refractivity contribution in [2.24, 2.45) is 5.92 Å². The highest BCUT2D eigenvalue weighted by atomic mass is 127. The van der Waals surface area contributed by atoms with E-state index in [0.717, 1.165) is 68.0 Å². The number of nitrogens with zero attached hydrogens (tertiary/aromatic N) is 2. The SMILES string of the molecule is CSc1ccc(/C(=C/C2CCOCC2)c2[nH]c(-c3ccccn3)nc2I)cc1Cl. The molecule has 3 aromatic rings. The van der Waals surface area contributed by atoms with Gasteiger partial charge in [0.15, 0.2) is 5.82 Å². The third-order valence-electron chi connectivity index (χ3n) is 4.97. The van der Waals surface area contributed by atoms with Crippen LogP contribution in [0.5, 0.6) is 0 Å². The van der Waals surface area contributed by atoms with Crippen molar-refractivity contribution >= 4 is 51.5 Å². The van der Waals surface area contributed by atoms with Gasteiger partial charge in [-0.2, -0.15) is 0 Å². The van der Waals surface area contributed by atoms with Crippen molar-refractivity contribution in [2.45, 2.75) is 17.7 Å². The molecular weight excluding hydrogens is 517 g/mol. The zero-order valence-corrected chi connectivity index (χ0v) is 19.7. The Balaban J connectivity index is 1.79. The fourth-order valence-electron chi connectivity index (χ4n) is 3.43. The third kappa shape index (κ3) is 4.87. The molecule has 0 aliphatic carbocycles. The van der Waals surface area contributed by atoms with Crippen molar-refractivity contribution in [3.05, 3.63) is 68.7 Å². The minimum atomic E-state index is 0.468. The molecule has 1 N–H and O–H groups in total. The number of imidazole rings is 1. The Morgan fingerprint density at radius 3 is 2.79 bits per heavy atom. The predicted molar refractivity (Wildman–Crippen MR) is 128 cm³/mol. The first kappa shape index (κ1) is 20.9. The molecule has 29 heavy (non-hydrogen) atoms. The molecule has 1 saturated heterocycles. The number of aromatic amines is 1. The summed E-state index contributed by atoms with van der Waals surface area (Å²) in [4.78, 5) is 13.8. The topological polar surface area (TPSA) is 50.8 Å². The summed E-state index contributed by atoms with van der Waals surface area (Å²) in [7, 11) is 0. The first-order valence-electron chi connectivity index (χ1n) is 9.46. The van der Waals surface area contributed by atoms with Gasteiger partial charge in [-0.15, -0.1) is 11.8 Å². The fourth-order valence-corrected chi connectivity index (χ4v) is 4.97. The van der Waals surface area contributed by atoms with Crippen LogP contribution in [0.2, 0.25) is 5.02 Å². The van der Waals surface area contributed by atoms with Crippen LogP contribution in [0.4, 0.5) is 0 Å². The molecule has 4 nitrogen and oxygen atoms in total. The van der Waals surface area contributed by atoms with Gasteiger partial charge in [-0.1, -0.05) is 29.8 Å². The van der Waals surface area contributed by atoms with Crippen LogP contribution in [-0.2, 0) is 4.74 Å². The smallest absolute Gasteiger partial charge is 0.157 e. The Kier molecular flexibility index (Phi) is 6.95. The van der Waals surface area contributed by atoms with Crippen molar-refractivity contribution in [2.75, 3.05) is 19.5 Å². The van der Waals surface area contributed by atoms with Crippen molar-refractivity contribution in [3.63, 3.8) is 0 Å². The average molecular weight is 538 g/mol. The number of H-pyrrole nitrogens is 1. The lowest BCUT2D eigenvalue weighted by molar-refractivity contribution is 0.0786. The molecular formula is C22H21ClIN3OS. The molecule has 1 aliphatic heterocycles. The van der Waals surface area contributed by atoms with E-state index in [4.69, 9.17) is 21.3 Å². The summed E-state index contributed by atoms with van der Waals surface area (Å²) in [6.45, 7) is 1.61. The van der Waals surface area contributed by atoms with Gasteiger partial charge in [0, 0.05) is 29.9 Å². The number of allylic oxidation sites excluding steroid dienone is 1. The molecule has 0 bridgehead atoms. The second-order valence-corrected chi connectivity index (χ2v) is 9.12. The lowest BCUT2D eigenvalue weighted by Crippen LogP contribution is -2.14. The summed E-state index contributed by atoms with van der Waals surface area (Å²) in [6, 6.07) is 12.1. The number of thioether (sulfide) groups is 1. The molecule has 0 radical (unpaired) electrons. The normalized spacial score (nSPS) is 15.6. The summed E-state index contributed by atoms with van der Waals surface area (Å²) in [5.74, 6) is 1.24. The van der Waals surface area contributed by atoms with Gasteiger partial charge >= 0.3 is 0 Å². The Morgan fingerprint density at radius 2 is 2.10 bits per heavy atom. The average Bonchev–Trinajstić information content (AvgIpc) is 3.15. The zero-order chi connectivity index (χ0) is 20.2. The molecule has 4 rings (SSSR count). The van der Waals surface area contributed by atoms with Crippen LogP contribution in [0, 0.1) is 9.62 Å². The number of nitrogens with one attached hydrogen (secondary N) is 1. The van der Waals surface area contributed by atoms with E-state index >= 15 is 0 Å². The number of aromatic nitrogens is 3. The van der Waals surface area contributed by atoms with Crippen molar-refractivity contribution in [3.8, 4) is 11.5 Å². The maximum atomic E-state index is 6.54. The molecule has 3 heterocycles. The van der Waals surface area contributed by atoms with Gasteiger partial charge in [0.1, 0.15) is 9.39 Å². The van der Waals surface area contributed by atoms with E-state index in [9.17, 15) is 0 Å². The fraction of sp³-hybridized carbons (Fsp3) is 0.273. The maximum absolute atomic E-state index is 6.54. The van der Waals surface area contributed by atoms with Crippen molar-refractivity contribution in [1.82, 2.24) is 15.0 Å². The highest BCUT2D eigenvalue weighted by Gasteiger charge is 2.20. The maximum Gasteiger partial charge on any atom is 0.157 e. The number of halogens is 2. The van der Waals surface area contributed by atoms with Crippen LogP contribution < -0.4 is 0 Å². The summed E-state index contributed by atoms with van der Waals surface area (Å²) in [6.07, 6.45) is 8.22. The van der Waals surface area contributed by atoms with Gasteiger partial charge < -0.3 is 9.72 Å². The quantitative estimate of drug-likeness (QED) is 0.306. The summed E-state index contributed by atoms with van der Waals surface area (Å²) in [5.41, 5.74) is 4.06. The Labute approximate surface area is 193 Å². The van der Waals surface area contributed by atoms with Gasteiger partial charge in [0.05, 0.1) is 10.7 Å². The van der Waals surface area contributed by atoms with Crippen LogP contribution in [0.1, 0.15) is 24.1 Å². The molecule has 0 atom stereocenters. The third-order valence-corrected chi connectivity index (χ3v) is 6.97. The van der Waals surface area contributed by atoms with Gasteiger partial charge in [-0.3, -0.25) is 4.98 Å². The van der Waals surface area contributed by atoms with Crippen LogP contribution in [0.15, 0.2) is 53.6 Å². The van der Waals surface area contributed by atoms with E-state index in [0.29, 0.717) is 5.92 Å². The summed E-state index contributed by atoms with van der Waals surface area (Å²) >= 11 is 10.5. The Hall–Kier alpha value is -1.35. The highest BCUT2D eigenvalue weighted by molar-refractivity contribution is 14.1. The lowest BCUT2D eigenvalue weighted by Gasteiger charge is -2.20. The number of benzene rings is 1. The molecule has 0 unspecified atom stereocenters. The van der Waals surface area contributed by atoms with Crippen molar-refractivity contribution < 1.29 is 4.74 Å². The minimum absolute atomic E-state index is 0.468. The molecule has 1 aromatic carbocycles. The van der Waals surface area contributed by atoms with Gasteiger partial charge in [-0.25, -0.2) is 4.98 Å². The van der Waals surface area contributed by atoms with Crippen LogP contribution in [0.25, 0.3) is 17.1 Å². The van der Waals surface area contributed by atoms with E-state index in [1.165, 1.54) is 0 Å². The molecule has 0 spiro atoms. The van der Waals surface area contributed by atoms with Gasteiger partial charge in [-0.05, 0) is 77.4 Å². The Morgan fingerprint density at radius 1 is 1.28 bits per heavy atom. The molecule has 1 aliphatic rings. The number of rotatable bonds is 5. The summed E-state index contributed by atoms with van der Waals surface area (Å²) in [5, 5.41) is 0.771. The van der Waals surface area contributed by atoms with E-state index in [1.807, 2.05) is 24.5 Å². The second-order valence-electron chi connectivity index (χ2n) is 6.85. The minimum Gasteiger partial charge on any atom is -0.381 e. The zero-order valence-electron chi connectivity index (χ0n) is 16.0. The van der Waals surface area contributed by atoms with Gasteiger partial charge in [0.25, 0.3) is 0 Å². The van der Waals surface area contributed by atoms with E-state index in [-0.39, 0.29) is 0 Å². The number of ether oxygens (including phenoxy) is 1. The highest BCUT2D eigenvalue weighted by Crippen LogP contribution is 2.35. The number of hydrogen-bond donors (Lipinski definition) is 1. The van der Waals surface area contributed by atoms with E-state index in [2.05, 4.69) is 56.8 Å². The largest absolute Gasteiger partial charge is 0.381 e. The first-order valence-corrected chi connectivity index (χ1v) is 12.1. The molecule has 0 amide bonds. The standard InChI is InChI=1S/C22H21ClIN3OS/c1-29-19-6-5-15(13-17(19)23)16(12-14-7-10-28-11-8-14)20-21(24)27-22(26-20)18-4-2-3-9-25-18/h2-6,9,12-14H,7-8,10-11H2,1H3,(H,26,27)/b16-12-. The number of hydrogen-bond acceptors (Lipinski definition) is 4. The van der Waals surface area contributed by atoms with Crippen LogP contribution in [-0.4, -0.2) is 34.4 Å². The monoisotopic (exact) mass is 537 g/mol. The predicted octanol–water partition coefficient (Wildman–Crippen LogP) is 6.31. The first-order chi connectivity index (χ1) is 14.2.